The number of fused-ring (bicyclic) bond motifs is 7. The molecular weight excluding hydrogens is 428 g/mol. The fourth-order valence-corrected chi connectivity index (χ4v) is 10.5. The number of carbonyl (C=O) groups excluding carboxylic acids is 1. The van der Waals surface area contributed by atoms with E-state index >= 15 is 0 Å². The molecule has 10 atom stereocenters. The van der Waals surface area contributed by atoms with Crippen LogP contribution in [-0.4, -0.2) is 43.3 Å². The maximum absolute atomic E-state index is 12.5. The first-order valence-corrected chi connectivity index (χ1v) is 13.6. The number of aliphatic hydroxyl groups is 1. The molecule has 0 aromatic rings. The zero-order chi connectivity index (χ0) is 24.7. The highest BCUT2D eigenvalue weighted by atomic mass is 16.7. The Bertz CT molecular complexity index is 865. The number of methoxy groups -OCH3 is 1. The van der Waals surface area contributed by atoms with E-state index in [1.807, 2.05) is 0 Å². The predicted molar refractivity (Wildman–Crippen MR) is 131 cm³/mol. The molecule has 1 heterocycles. The fraction of sp³-hybridized carbons (Fsp3) is 0.897. The summed E-state index contributed by atoms with van der Waals surface area (Å²) < 4.78 is 18.4. The van der Waals surface area contributed by atoms with E-state index in [9.17, 15) is 9.90 Å². The minimum absolute atomic E-state index is 0.0231. The molecular formula is C29H46O5. The molecule has 0 aromatic carbocycles. The highest BCUT2D eigenvalue weighted by Gasteiger charge is 2.71. The third-order valence-electron chi connectivity index (χ3n) is 11.8. The van der Waals surface area contributed by atoms with Crippen molar-refractivity contribution in [3.63, 3.8) is 0 Å². The van der Waals surface area contributed by atoms with Crippen molar-refractivity contribution in [3.8, 4) is 0 Å². The number of allylic oxidation sites excluding steroid dienone is 1. The number of aliphatic hydroxyl groups excluding tert-OH is 1. The number of rotatable bonds is 3. The number of esters is 1. The Morgan fingerprint density at radius 3 is 2.53 bits per heavy atom. The van der Waals surface area contributed by atoms with Crippen LogP contribution >= 0.6 is 0 Å². The molecule has 4 aliphatic carbocycles. The molecule has 5 nitrogen and oxygen atoms in total. The Hall–Kier alpha value is -0.910. The molecule has 4 fully saturated rings. The SMILES string of the molecule is CO[C@@H]1O[C@H](C)C2=CC[C@H]3[C@]4(C)CC[C@H]5C(C)(C)CCC[C@]5(CO)[C@@H]4C[C@H](OC(C)=O)[C@]3(C)[C@H]21. The highest BCUT2D eigenvalue weighted by molar-refractivity contribution is 5.66. The highest BCUT2D eigenvalue weighted by Crippen LogP contribution is 2.74. The third kappa shape index (κ3) is 3.11. The third-order valence-corrected chi connectivity index (χ3v) is 11.8. The van der Waals surface area contributed by atoms with E-state index in [4.69, 9.17) is 14.2 Å². The van der Waals surface area contributed by atoms with Crippen LogP contribution < -0.4 is 0 Å². The zero-order valence-electron chi connectivity index (χ0n) is 22.4. The van der Waals surface area contributed by atoms with Crippen molar-refractivity contribution in [2.75, 3.05) is 13.7 Å². The van der Waals surface area contributed by atoms with Crippen LogP contribution in [0.25, 0.3) is 0 Å². The second-order valence-electron chi connectivity index (χ2n) is 13.4. The number of hydrogen-bond acceptors (Lipinski definition) is 5. The van der Waals surface area contributed by atoms with Crippen LogP contribution in [0.2, 0.25) is 0 Å². The summed E-state index contributed by atoms with van der Waals surface area (Å²) in [4.78, 5) is 12.5. The molecule has 5 rings (SSSR count). The molecule has 0 amide bonds. The molecule has 3 saturated carbocycles. The quantitative estimate of drug-likeness (QED) is 0.432. The summed E-state index contributed by atoms with van der Waals surface area (Å²) in [5, 5.41) is 11.1. The lowest BCUT2D eigenvalue weighted by Gasteiger charge is -2.71. The molecule has 0 radical (unpaired) electrons. The van der Waals surface area contributed by atoms with Crippen LogP contribution in [0.4, 0.5) is 0 Å². The van der Waals surface area contributed by atoms with Crippen molar-refractivity contribution in [2.45, 2.75) is 105 Å². The number of hydrogen-bond donors (Lipinski definition) is 1. The van der Waals surface area contributed by atoms with Gasteiger partial charge in [-0.1, -0.05) is 40.2 Å². The maximum Gasteiger partial charge on any atom is 0.302 e. The van der Waals surface area contributed by atoms with Gasteiger partial charge >= 0.3 is 5.97 Å². The van der Waals surface area contributed by atoms with Gasteiger partial charge in [-0.15, -0.1) is 0 Å². The van der Waals surface area contributed by atoms with Gasteiger partial charge in [0.1, 0.15) is 6.10 Å². The van der Waals surface area contributed by atoms with Gasteiger partial charge in [0.2, 0.25) is 0 Å². The number of carbonyl (C=O) groups is 1. The van der Waals surface area contributed by atoms with Crippen molar-refractivity contribution in [2.24, 2.45) is 45.3 Å². The Balaban J connectivity index is 1.65. The first kappa shape index (κ1) is 24.8. The van der Waals surface area contributed by atoms with Crippen LogP contribution in [0.5, 0.6) is 0 Å². The van der Waals surface area contributed by atoms with Gasteiger partial charge in [-0.25, -0.2) is 0 Å². The summed E-state index contributed by atoms with van der Waals surface area (Å²) in [6.45, 7) is 13.6. The smallest absolute Gasteiger partial charge is 0.302 e. The maximum atomic E-state index is 12.5. The van der Waals surface area contributed by atoms with Gasteiger partial charge in [-0.2, -0.15) is 0 Å². The second kappa shape index (κ2) is 8.05. The van der Waals surface area contributed by atoms with Gasteiger partial charge in [0.25, 0.3) is 0 Å². The van der Waals surface area contributed by atoms with Crippen molar-refractivity contribution in [1.29, 1.82) is 0 Å². The molecule has 0 unspecified atom stereocenters. The summed E-state index contributed by atoms with van der Waals surface area (Å²) in [5.74, 6) is 1.06. The van der Waals surface area contributed by atoms with Crippen molar-refractivity contribution in [1.82, 2.24) is 0 Å². The Labute approximate surface area is 206 Å². The average Bonchev–Trinajstić information content (AvgIpc) is 3.11. The Morgan fingerprint density at radius 1 is 1.15 bits per heavy atom. The molecule has 0 aromatic heterocycles. The lowest BCUT2D eigenvalue weighted by atomic mass is 9.34. The van der Waals surface area contributed by atoms with Crippen molar-refractivity contribution < 1.29 is 24.1 Å². The summed E-state index contributed by atoms with van der Waals surface area (Å²) in [6.07, 6.45) is 9.55. The lowest BCUT2D eigenvalue weighted by molar-refractivity contribution is -0.264. The fourth-order valence-electron chi connectivity index (χ4n) is 10.5. The molecule has 0 spiro atoms. The number of ether oxygens (including phenoxy) is 3. The van der Waals surface area contributed by atoms with Gasteiger partial charge in [-0.05, 0) is 79.6 Å². The average molecular weight is 475 g/mol. The van der Waals surface area contributed by atoms with E-state index in [2.05, 4.69) is 40.7 Å². The Kier molecular flexibility index (Phi) is 5.86. The summed E-state index contributed by atoms with van der Waals surface area (Å²) in [7, 11) is 1.73. The van der Waals surface area contributed by atoms with Crippen LogP contribution in [0.1, 0.15) is 86.5 Å². The molecule has 1 saturated heterocycles. The molecule has 34 heavy (non-hydrogen) atoms. The minimum Gasteiger partial charge on any atom is -0.462 e. The van der Waals surface area contributed by atoms with Crippen LogP contribution in [0.3, 0.4) is 0 Å². The largest absolute Gasteiger partial charge is 0.462 e. The Morgan fingerprint density at radius 2 is 1.88 bits per heavy atom. The van der Waals surface area contributed by atoms with Crippen LogP contribution in [0.15, 0.2) is 11.6 Å². The summed E-state index contributed by atoms with van der Waals surface area (Å²) in [6, 6.07) is 0. The van der Waals surface area contributed by atoms with Crippen molar-refractivity contribution >= 4 is 5.97 Å². The topological polar surface area (TPSA) is 65.0 Å². The molecule has 0 bridgehead atoms. The minimum atomic E-state index is -0.316. The van der Waals surface area contributed by atoms with Crippen molar-refractivity contribution in [3.05, 3.63) is 11.6 Å². The summed E-state index contributed by atoms with van der Waals surface area (Å²) >= 11 is 0. The van der Waals surface area contributed by atoms with E-state index < -0.39 is 0 Å². The van der Waals surface area contributed by atoms with Crippen LogP contribution in [0, 0.1) is 45.3 Å². The monoisotopic (exact) mass is 474 g/mol. The zero-order valence-corrected chi connectivity index (χ0v) is 22.4. The summed E-state index contributed by atoms with van der Waals surface area (Å²) in [5.41, 5.74) is 1.26. The molecule has 1 aliphatic heterocycles. The van der Waals surface area contributed by atoms with Gasteiger partial charge in [-0.3, -0.25) is 4.79 Å². The van der Waals surface area contributed by atoms with E-state index in [0.29, 0.717) is 17.8 Å². The van der Waals surface area contributed by atoms with E-state index in [1.54, 1.807) is 14.0 Å². The van der Waals surface area contributed by atoms with E-state index in [-0.39, 0.29) is 58.7 Å². The standard InChI is InChI=1S/C29H46O5/c1-17-19-9-10-21-27(5)14-11-20-26(3,4)12-8-13-29(20,16-30)22(27)15-23(34-18(2)31)28(21,6)24(19)25(32-7)33-17/h9,17,20-25,30H,8,10-16H2,1-7H3/t17-,20+,21+,22-,23+,24-,25-,27+,28-,29-/m1/s1. The normalized spacial score (nSPS) is 51.4. The molecule has 192 valence electrons. The van der Waals surface area contributed by atoms with E-state index in [1.165, 1.54) is 31.3 Å². The first-order chi connectivity index (χ1) is 16.0. The van der Waals surface area contributed by atoms with E-state index in [0.717, 1.165) is 19.3 Å². The van der Waals surface area contributed by atoms with Gasteiger partial charge < -0.3 is 19.3 Å². The molecule has 5 heteroatoms. The predicted octanol–water partition coefficient (Wildman–Crippen LogP) is 5.50. The molecule has 1 N–H and O–H groups in total. The first-order valence-electron chi connectivity index (χ1n) is 13.6. The lowest BCUT2D eigenvalue weighted by Crippen LogP contribution is -2.68. The van der Waals surface area contributed by atoms with Gasteiger partial charge in [0, 0.05) is 37.4 Å². The second-order valence-corrected chi connectivity index (χ2v) is 13.4. The van der Waals surface area contributed by atoms with Crippen LogP contribution in [-0.2, 0) is 19.0 Å². The molecule has 5 aliphatic rings. The van der Waals surface area contributed by atoms with Gasteiger partial charge in [0.05, 0.1) is 6.10 Å². The van der Waals surface area contributed by atoms with Gasteiger partial charge in [0.15, 0.2) is 6.29 Å².